The Morgan fingerprint density at radius 3 is 2.95 bits per heavy atom. The van der Waals surface area contributed by atoms with Crippen molar-refractivity contribution >= 4 is 11.5 Å². The molecule has 0 radical (unpaired) electrons. The lowest BCUT2D eigenvalue weighted by molar-refractivity contribution is -0.384. The van der Waals surface area contributed by atoms with E-state index >= 15 is 0 Å². The van der Waals surface area contributed by atoms with E-state index in [2.05, 4.69) is 15.4 Å². The monoisotopic (exact) mass is 264 g/mol. The normalized spacial score (nSPS) is 10.6. The highest BCUT2D eigenvalue weighted by atomic mass is 16.6. The predicted octanol–water partition coefficient (Wildman–Crippen LogP) is 1.34. The first-order chi connectivity index (χ1) is 9.09. The van der Waals surface area contributed by atoms with Gasteiger partial charge in [-0.1, -0.05) is 0 Å². The summed E-state index contributed by atoms with van der Waals surface area (Å²) in [6, 6.07) is 0. The standard InChI is InChI=1S/C11H16N6O2/c1-9-10(17(18)19)11(15(2)14-9)13-4-3-6-16-7-5-12-8-16/h5,7-8,13H,3-4,6H2,1-2H3. The molecule has 0 spiro atoms. The highest BCUT2D eigenvalue weighted by Crippen LogP contribution is 2.26. The van der Waals surface area contributed by atoms with Gasteiger partial charge in [0.15, 0.2) is 0 Å². The zero-order valence-corrected chi connectivity index (χ0v) is 10.9. The summed E-state index contributed by atoms with van der Waals surface area (Å²) in [5, 5.41) is 18.1. The smallest absolute Gasteiger partial charge is 0.333 e. The van der Waals surface area contributed by atoms with Crippen LogP contribution in [-0.4, -0.2) is 30.8 Å². The van der Waals surface area contributed by atoms with Crippen molar-refractivity contribution in [2.24, 2.45) is 7.05 Å². The molecule has 0 atom stereocenters. The number of nitro groups is 1. The van der Waals surface area contributed by atoms with Crippen LogP contribution in [0.5, 0.6) is 0 Å². The summed E-state index contributed by atoms with van der Waals surface area (Å²) in [5.41, 5.74) is 0.467. The second kappa shape index (κ2) is 5.51. The molecule has 0 aliphatic carbocycles. The Labute approximate surface area is 110 Å². The first-order valence-electron chi connectivity index (χ1n) is 5.97. The molecule has 2 heterocycles. The summed E-state index contributed by atoms with van der Waals surface area (Å²) >= 11 is 0. The summed E-state index contributed by atoms with van der Waals surface area (Å²) in [7, 11) is 1.69. The van der Waals surface area contributed by atoms with Crippen molar-refractivity contribution in [3.63, 3.8) is 0 Å². The van der Waals surface area contributed by atoms with E-state index in [4.69, 9.17) is 0 Å². The van der Waals surface area contributed by atoms with Gasteiger partial charge in [-0.2, -0.15) is 5.10 Å². The summed E-state index contributed by atoms with van der Waals surface area (Å²) in [4.78, 5) is 14.5. The number of rotatable bonds is 6. The van der Waals surface area contributed by atoms with Gasteiger partial charge in [0.25, 0.3) is 0 Å². The zero-order valence-electron chi connectivity index (χ0n) is 10.9. The molecule has 0 unspecified atom stereocenters. The Hall–Kier alpha value is -2.38. The quantitative estimate of drug-likeness (QED) is 0.483. The Morgan fingerprint density at radius 1 is 1.53 bits per heavy atom. The van der Waals surface area contributed by atoms with Crippen molar-refractivity contribution in [3.8, 4) is 0 Å². The highest BCUT2D eigenvalue weighted by molar-refractivity contribution is 5.59. The number of hydrogen-bond donors (Lipinski definition) is 1. The molecule has 8 nitrogen and oxygen atoms in total. The maximum atomic E-state index is 11.0. The minimum atomic E-state index is -0.402. The predicted molar refractivity (Wildman–Crippen MR) is 69.9 cm³/mol. The number of aryl methyl sites for hydroxylation is 3. The van der Waals surface area contributed by atoms with Gasteiger partial charge in [0.2, 0.25) is 5.82 Å². The van der Waals surface area contributed by atoms with E-state index in [0.717, 1.165) is 13.0 Å². The van der Waals surface area contributed by atoms with Crippen LogP contribution in [-0.2, 0) is 13.6 Å². The second-order valence-electron chi connectivity index (χ2n) is 4.24. The van der Waals surface area contributed by atoms with Crippen LogP contribution in [0.15, 0.2) is 18.7 Å². The average Bonchev–Trinajstić information content (AvgIpc) is 2.93. The number of nitrogens with one attached hydrogen (secondary N) is 1. The average molecular weight is 264 g/mol. The SMILES string of the molecule is Cc1nn(C)c(NCCCn2ccnc2)c1[N+](=O)[O-]. The molecule has 0 saturated heterocycles. The Balaban J connectivity index is 1.94. The second-order valence-corrected chi connectivity index (χ2v) is 4.24. The van der Waals surface area contributed by atoms with E-state index < -0.39 is 4.92 Å². The third-order valence-corrected chi connectivity index (χ3v) is 2.82. The van der Waals surface area contributed by atoms with Crippen LogP contribution >= 0.6 is 0 Å². The third-order valence-electron chi connectivity index (χ3n) is 2.82. The number of anilines is 1. The van der Waals surface area contributed by atoms with Gasteiger partial charge in [0.05, 0.1) is 11.3 Å². The first-order valence-corrected chi connectivity index (χ1v) is 5.97. The van der Waals surface area contributed by atoms with E-state index in [9.17, 15) is 10.1 Å². The van der Waals surface area contributed by atoms with Gasteiger partial charge in [-0.3, -0.25) is 10.1 Å². The molecule has 2 aromatic heterocycles. The van der Waals surface area contributed by atoms with Crippen LogP contribution in [0.1, 0.15) is 12.1 Å². The first kappa shape index (κ1) is 13.1. The Kier molecular flexibility index (Phi) is 3.79. The van der Waals surface area contributed by atoms with Crippen LogP contribution in [0.2, 0.25) is 0 Å². The maximum Gasteiger partial charge on any atom is 0.333 e. The third kappa shape index (κ3) is 2.90. The molecule has 2 aromatic rings. The van der Waals surface area contributed by atoms with Crippen molar-refractivity contribution in [2.75, 3.05) is 11.9 Å². The van der Waals surface area contributed by atoms with Gasteiger partial charge in [-0.05, 0) is 13.3 Å². The van der Waals surface area contributed by atoms with Gasteiger partial charge in [0.1, 0.15) is 5.69 Å². The van der Waals surface area contributed by atoms with Gasteiger partial charge >= 0.3 is 5.69 Å². The van der Waals surface area contributed by atoms with E-state index in [-0.39, 0.29) is 5.69 Å². The van der Waals surface area contributed by atoms with Gasteiger partial charge in [0, 0.05) is 32.5 Å². The van der Waals surface area contributed by atoms with E-state index in [0.29, 0.717) is 18.1 Å². The summed E-state index contributed by atoms with van der Waals surface area (Å²) < 4.78 is 3.47. The minimum absolute atomic E-state index is 0.0464. The lowest BCUT2D eigenvalue weighted by atomic mass is 10.3. The van der Waals surface area contributed by atoms with Crippen molar-refractivity contribution in [1.29, 1.82) is 0 Å². The van der Waals surface area contributed by atoms with Gasteiger partial charge in [-0.25, -0.2) is 9.67 Å². The minimum Gasteiger partial charge on any atom is -0.364 e. The molecule has 102 valence electrons. The molecule has 0 bridgehead atoms. The van der Waals surface area contributed by atoms with Crippen molar-refractivity contribution in [1.82, 2.24) is 19.3 Å². The fourth-order valence-corrected chi connectivity index (χ4v) is 1.95. The van der Waals surface area contributed by atoms with E-state index in [1.807, 2.05) is 10.8 Å². The number of aromatic nitrogens is 4. The topological polar surface area (TPSA) is 90.8 Å². The molecule has 0 saturated carbocycles. The summed E-state index contributed by atoms with van der Waals surface area (Å²) in [6.07, 6.45) is 6.20. The van der Waals surface area contributed by atoms with Crippen LogP contribution in [0.3, 0.4) is 0 Å². The molecular weight excluding hydrogens is 248 g/mol. The highest BCUT2D eigenvalue weighted by Gasteiger charge is 2.23. The van der Waals surface area contributed by atoms with Crippen LogP contribution < -0.4 is 5.32 Å². The zero-order chi connectivity index (χ0) is 13.8. The molecule has 0 aromatic carbocycles. The van der Waals surface area contributed by atoms with E-state index in [1.165, 1.54) is 4.68 Å². The molecule has 0 aliphatic rings. The fourth-order valence-electron chi connectivity index (χ4n) is 1.95. The molecule has 2 rings (SSSR count). The molecule has 1 N–H and O–H groups in total. The lowest BCUT2D eigenvalue weighted by Crippen LogP contribution is -2.10. The number of nitrogens with zero attached hydrogens (tertiary/aromatic N) is 5. The number of imidazole rings is 1. The van der Waals surface area contributed by atoms with E-state index in [1.54, 1.807) is 26.5 Å². The van der Waals surface area contributed by atoms with Crippen molar-refractivity contribution in [3.05, 3.63) is 34.5 Å². The molecule has 0 amide bonds. The van der Waals surface area contributed by atoms with Crippen molar-refractivity contribution < 1.29 is 4.92 Å². The fraction of sp³-hybridized carbons (Fsp3) is 0.455. The van der Waals surface area contributed by atoms with Crippen LogP contribution in [0.4, 0.5) is 11.5 Å². The van der Waals surface area contributed by atoms with Gasteiger partial charge in [-0.15, -0.1) is 0 Å². The Morgan fingerprint density at radius 2 is 2.32 bits per heavy atom. The van der Waals surface area contributed by atoms with Crippen LogP contribution in [0.25, 0.3) is 0 Å². The summed E-state index contributed by atoms with van der Waals surface area (Å²) in [6.45, 7) is 3.09. The molecular formula is C11H16N6O2. The largest absolute Gasteiger partial charge is 0.364 e. The molecule has 0 aliphatic heterocycles. The summed E-state index contributed by atoms with van der Waals surface area (Å²) in [5.74, 6) is 0.452. The van der Waals surface area contributed by atoms with Crippen LogP contribution in [0, 0.1) is 17.0 Å². The molecule has 19 heavy (non-hydrogen) atoms. The number of hydrogen-bond acceptors (Lipinski definition) is 5. The van der Waals surface area contributed by atoms with Gasteiger partial charge < -0.3 is 9.88 Å². The molecule has 0 fully saturated rings. The van der Waals surface area contributed by atoms with Crippen molar-refractivity contribution in [2.45, 2.75) is 19.9 Å². The molecule has 8 heteroatoms. The maximum absolute atomic E-state index is 11.0. The Bertz CT molecular complexity index is 560. The lowest BCUT2D eigenvalue weighted by Gasteiger charge is -2.06.